The number of carbonyl (C=O) groups excluding carboxylic acids is 4. The highest BCUT2D eigenvalue weighted by molar-refractivity contribution is 9.10. The van der Waals surface area contributed by atoms with Crippen LogP contribution in [0.2, 0.25) is 5.02 Å². The standard InChI is InChI=1S/C12H12BrClO4.C12H12Cl2O4.2C12H13ClO4/c1-16-9-6-7(8(15)4-5-14)10(13)12(18-3)11(9)17-2;1-16-9-6-7(8(15)4-5-13)10(14)12(18-3)11(9)17-2;1-15-8-6-10(16-2)12(9(14)4-5-13)11(7-8)17-3;1-15-10-6-8(9(14)4-5-13)7-11(16-2)12(10)17-3/h2*4-6H,1-3H3;2*4-7H,1-3H3/b4*5-4+. The topological polar surface area (TPSA) is 179 Å². The van der Waals surface area contributed by atoms with E-state index in [1.54, 1.807) is 30.3 Å². The predicted octanol–water partition coefficient (Wildman–Crippen LogP) is 12.0. The van der Waals surface area contributed by atoms with Gasteiger partial charge in [-0.15, -0.1) is 0 Å². The van der Waals surface area contributed by atoms with Crippen molar-refractivity contribution in [1.29, 1.82) is 0 Å². The van der Waals surface area contributed by atoms with Crippen molar-refractivity contribution in [3.05, 3.63) is 115 Å². The van der Waals surface area contributed by atoms with E-state index in [0.29, 0.717) is 84.4 Å². The molecule has 16 nitrogen and oxygen atoms in total. The summed E-state index contributed by atoms with van der Waals surface area (Å²) in [6, 6.07) is 9.39. The molecule has 0 atom stereocenters. The van der Waals surface area contributed by atoms with Crippen molar-refractivity contribution >= 4 is 97.1 Å². The van der Waals surface area contributed by atoms with E-state index in [0.717, 1.165) is 22.1 Å². The molecule has 4 aromatic rings. The highest BCUT2D eigenvalue weighted by atomic mass is 79.9. The van der Waals surface area contributed by atoms with Crippen LogP contribution in [0.15, 0.2) is 87.3 Å². The number of allylic oxidation sites excluding steroid dienone is 4. The number of ketones is 4. The third-order valence-electron chi connectivity index (χ3n) is 8.84. The number of carbonyl (C=O) groups is 4. The molecule has 0 amide bonds. The van der Waals surface area contributed by atoms with E-state index in [1.165, 1.54) is 116 Å². The van der Waals surface area contributed by atoms with Gasteiger partial charge >= 0.3 is 0 Å². The van der Waals surface area contributed by atoms with Crippen molar-refractivity contribution in [1.82, 2.24) is 0 Å². The molecule has 4 rings (SSSR count). The molecule has 0 aromatic heterocycles. The van der Waals surface area contributed by atoms with Crippen LogP contribution in [0.4, 0.5) is 0 Å². The molecule has 0 aliphatic carbocycles. The van der Waals surface area contributed by atoms with E-state index in [4.69, 9.17) is 115 Å². The zero-order chi connectivity index (χ0) is 53.1. The largest absolute Gasteiger partial charge is 0.496 e. The van der Waals surface area contributed by atoms with Gasteiger partial charge in [-0.25, -0.2) is 0 Å². The normalized spacial score (nSPS) is 10.4. The van der Waals surface area contributed by atoms with Gasteiger partial charge in [0.25, 0.3) is 0 Å². The van der Waals surface area contributed by atoms with Crippen molar-refractivity contribution in [2.45, 2.75) is 0 Å². The van der Waals surface area contributed by atoms with Crippen molar-refractivity contribution < 1.29 is 76.0 Å². The number of ether oxygens (including phenoxy) is 12. The van der Waals surface area contributed by atoms with E-state index in [1.807, 2.05) is 0 Å². The summed E-state index contributed by atoms with van der Waals surface area (Å²) in [6.45, 7) is 0. The zero-order valence-electron chi connectivity index (χ0n) is 39.9. The fourth-order valence-electron chi connectivity index (χ4n) is 5.66. The van der Waals surface area contributed by atoms with E-state index in [9.17, 15) is 19.2 Å². The monoisotopic (exact) mass is 1140 g/mol. The number of benzene rings is 4. The molecule has 0 N–H and O–H groups in total. The Kier molecular flexibility index (Phi) is 29.1. The minimum atomic E-state index is -0.353. The number of methoxy groups -OCH3 is 12. The SMILES string of the molecule is COc1cc(C(=O)/C=C/Cl)c(Br)c(OC)c1OC.COc1cc(C(=O)/C=C/Cl)c(Cl)c(OC)c1OC.COc1cc(C(=O)/C=C/Cl)cc(OC)c1OC.COc1cc(OC)c(C(=O)/C=C/Cl)c(OC)c1. The summed E-state index contributed by atoms with van der Waals surface area (Å²) in [5.41, 5.74) is 5.89. The first-order valence-corrected chi connectivity index (χ1v) is 22.3. The number of hydrogen-bond acceptors (Lipinski definition) is 16. The summed E-state index contributed by atoms with van der Waals surface area (Å²) < 4.78 is 62.3. The van der Waals surface area contributed by atoms with Crippen LogP contribution in [-0.2, 0) is 0 Å². The third-order valence-corrected chi connectivity index (χ3v) is 10.5. The summed E-state index contributed by atoms with van der Waals surface area (Å²) in [4.78, 5) is 47.1. The van der Waals surface area contributed by atoms with Gasteiger partial charge in [0.05, 0.1) is 94.8 Å². The molecule has 0 aliphatic heterocycles. The Morgan fingerprint density at radius 1 is 0.386 bits per heavy atom. The summed E-state index contributed by atoms with van der Waals surface area (Å²) in [5.74, 6) is 3.59. The van der Waals surface area contributed by atoms with Crippen molar-refractivity contribution in [2.24, 2.45) is 0 Å². The molecule has 0 bridgehead atoms. The number of rotatable bonds is 20. The lowest BCUT2D eigenvalue weighted by molar-refractivity contribution is 0.103. The first kappa shape index (κ1) is 62.1. The van der Waals surface area contributed by atoms with Gasteiger partial charge in [0.15, 0.2) is 57.6 Å². The van der Waals surface area contributed by atoms with E-state index in [-0.39, 0.29) is 39.5 Å². The quantitative estimate of drug-likeness (QED) is 0.0602. The second-order valence-corrected chi connectivity index (χ2v) is 14.6. The van der Waals surface area contributed by atoms with Crippen molar-refractivity contribution in [2.75, 3.05) is 85.3 Å². The average molecular weight is 1140 g/mol. The molecule has 380 valence electrons. The maximum atomic E-state index is 11.8. The van der Waals surface area contributed by atoms with Gasteiger partial charge in [0, 0.05) is 51.0 Å². The van der Waals surface area contributed by atoms with E-state index >= 15 is 0 Å². The summed E-state index contributed by atoms with van der Waals surface area (Å²) in [5, 5.41) is 0.148. The predicted molar refractivity (Wildman–Crippen MR) is 274 cm³/mol. The Hall–Kier alpha value is -5.95. The molecule has 0 spiro atoms. The van der Waals surface area contributed by atoms with Crippen LogP contribution in [0.3, 0.4) is 0 Å². The first-order chi connectivity index (χ1) is 33.5. The van der Waals surface area contributed by atoms with Crippen LogP contribution < -0.4 is 56.8 Å². The minimum absolute atomic E-state index is 0.148. The molecule has 0 unspecified atom stereocenters. The molecule has 0 fully saturated rings. The lowest BCUT2D eigenvalue weighted by atomic mass is 10.1. The van der Waals surface area contributed by atoms with E-state index < -0.39 is 0 Å². The second kappa shape index (κ2) is 32.8. The molecule has 4 aromatic carbocycles. The molecule has 0 saturated carbocycles. The molecule has 0 saturated heterocycles. The Balaban J connectivity index is 0.000000467. The lowest BCUT2D eigenvalue weighted by Gasteiger charge is -2.15. The number of halogens is 6. The molecule has 22 heteroatoms. The van der Waals surface area contributed by atoms with Crippen LogP contribution in [-0.4, -0.2) is 108 Å². The summed E-state index contributed by atoms with van der Waals surface area (Å²) >= 11 is 30.9. The van der Waals surface area contributed by atoms with Gasteiger partial charge in [0.2, 0.25) is 17.2 Å². The van der Waals surface area contributed by atoms with Gasteiger partial charge in [-0.05, 0) is 64.5 Å². The fraction of sp³-hybridized carbons (Fsp3) is 0.250. The van der Waals surface area contributed by atoms with Crippen LogP contribution in [0, 0.1) is 0 Å². The highest BCUT2D eigenvalue weighted by Gasteiger charge is 2.24. The third kappa shape index (κ3) is 16.6. The van der Waals surface area contributed by atoms with Crippen molar-refractivity contribution in [3.8, 4) is 69.0 Å². The lowest BCUT2D eigenvalue weighted by Crippen LogP contribution is -2.03. The Bertz CT molecular complexity index is 2400. The van der Waals surface area contributed by atoms with Gasteiger partial charge < -0.3 is 56.8 Å². The Labute approximate surface area is 439 Å². The van der Waals surface area contributed by atoms with Crippen molar-refractivity contribution in [3.63, 3.8) is 0 Å². The zero-order valence-corrected chi connectivity index (χ0v) is 45.2. The van der Waals surface area contributed by atoms with Gasteiger partial charge in [-0.2, -0.15) is 0 Å². The smallest absolute Gasteiger partial charge is 0.204 e. The molecule has 70 heavy (non-hydrogen) atoms. The van der Waals surface area contributed by atoms with Crippen LogP contribution in [0.25, 0.3) is 0 Å². The molecule has 0 heterocycles. The average Bonchev–Trinajstić information content (AvgIpc) is 3.37. The summed E-state index contributed by atoms with van der Waals surface area (Å²) in [6.07, 6.45) is 4.91. The fourth-order valence-corrected chi connectivity index (χ4v) is 7.08. The Morgan fingerprint density at radius 2 is 0.729 bits per heavy atom. The minimum Gasteiger partial charge on any atom is -0.496 e. The molecular formula is C48H50BrCl5O16. The summed E-state index contributed by atoms with van der Waals surface area (Å²) in [7, 11) is 17.7. The first-order valence-electron chi connectivity index (χ1n) is 19.4. The van der Waals surface area contributed by atoms with Gasteiger partial charge in [-0.1, -0.05) is 58.0 Å². The van der Waals surface area contributed by atoms with Crippen LogP contribution in [0.5, 0.6) is 69.0 Å². The van der Waals surface area contributed by atoms with Gasteiger partial charge in [0.1, 0.15) is 22.8 Å². The second-order valence-electron chi connectivity index (χ2n) is 12.5. The van der Waals surface area contributed by atoms with Crippen LogP contribution in [0.1, 0.15) is 41.4 Å². The Morgan fingerprint density at radius 3 is 1.10 bits per heavy atom. The highest BCUT2D eigenvalue weighted by Crippen LogP contribution is 2.46. The molecule has 0 aliphatic rings. The molecule has 0 radical (unpaired) electrons. The maximum Gasteiger partial charge on any atom is 0.204 e. The van der Waals surface area contributed by atoms with E-state index in [2.05, 4.69) is 15.9 Å². The number of hydrogen-bond donors (Lipinski definition) is 0. The van der Waals surface area contributed by atoms with Gasteiger partial charge in [-0.3, -0.25) is 19.2 Å². The maximum absolute atomic E-state index is 11.8. The van der Waals surface area contributed by atoms with Crippen LogP contribution >= 0.6 is 73.9 Å². The molecular weight excluding hydrogens is 1090 g/mol.